The highest BCUT2D eigenvalue weighted by atomic mass is 127. The van der Waals surface area contributed by atoms with E-state index in [0.717, 1.165) is 63.1 Å². The minimum Gasteiger partial charge on any atom is -0.379 e. The normalized spacial score (nSPS) is 20.8. The molecule has 31 heavy (non-hydrogen) atoms. The van der Waals surface area contributed by atoms with E-state index in [9.17, 15) is 4.79 Å². The smallest absolute Gasteiger partial charge is 0.225 e. The Morgan fingerprint density at radius 3 is 2.68 bits per heavy atom. The van der Waals surface area contributed by atoms with E-state index >= 15 is 0 Å². The quantitative estimate of drug-likeness (QED) is 0.330. The maximum absolute atomic E-state index is 12.3. The van der Waals surface area contributed by atoms with Crippen LogP contribution in [-0.4, -0.2) is 74.7 Å². The van der Waals surface area contributed by atoms with Crippen molar-refractivity contribution in [2.45, 2.75) is 38.6 Å². The van der Waals surface area contributed by atoms with Crippen molar-refractivity contribution >= 4 is 41.5 Å². The number of halogens is 1. The number of nitrogens with zero attached hydrogens (tertiary/aromatic N) is 3. The zero-order valence-corrected chi connectivity index (χ0v) is 20.9. The van der Waals surface area contributed by atoms with Gasteiger partial charge in [-0.2, -0.15) is 0 Å². The van der Waals surface area contributed by atoms with Crippen LogP contribution in [0.15, 0.2) is 29.3 Å². The van der Waals surface area contributed by atoms with Crippen LogP contribution in [0, 0.1) is 5.41 Å². The Morgan fingerprint density at radius 1 is 1.19 bits per heavy atom. The molecule has 1 amide bonds. The van der Waals surface area contributed by atoms with Crippen molar-refractivity contribution in [2.75, 3.05) is 58.3 Å². The summed E-state index contributed by atoms with van der Waals surface area (Å²) in [7, 11) is 1.86. The zero-order chi connectivity index (χ0) is 20.8. The van der Waals surface area contributed by atoms with Crippen LogP contribution in [0.25, 0.3) is 0 Å². The second-order valence-electron chi connectivity index (χ2n) is 8.88. The molecule has 172 valence electrons. The van der Waals surface area contributed by atoms with Gasteiger partial charge in [-0.3, -0.25) is 14.7 Å². The van der Waals surface area contributed by atoms with Crippen molar-refractivity contribution in [2.24, 2.45) is 10.4 Å². The molecule has 1 aromatic rings. The van der Waals surface area contributed by atoms with Crippen molar-refractivity contribution in [3.8, 4) is 0 Å². The van der Waals surface area contributed by atoms with E-state index in [2.05, 4.69) is 31.5 Å². The van der Waals surface area contributed by atoms with Gasteiger partial charge in [0, 0.05) is 58.4 Å². The highest BCUT2D eigenvalue weighted by Crippen LogP contribution is 2.47. The topological polar surface area (TPSA) is 69.2 Å². The Kier molecular flexibility index (Phi) is 8.97. The number of guanidine groups is 1. The first-order chi connectivity index (χ1) is 14.7. The number of carbonyl (C=O) groups is 1. The number of hydrogen-bond acceptors (Lipinski definition) is 4. The van der Waals surface area contributed by atoms with Crippen LogP contribution in [0.5, 0.6) is 0 Å². The lowest BCUT2D eigenvalue weighted by Gasteiger charge is -2.38. The number of nitrogens with one attached hydrogen (secondary N) is 2. The molecule has 0 bridgehead atoms. The number of carbonyl (C=O) groups excluding carboxylic acids is 1. The Labute approximate surface area is 203 Å². The third-order valence-corrected chi connectivity index (χ3v) is 6.78. The highest BCUT2D eigenvalue weighted by molar-refractivity contribution is 14.0. The minimum absolute atomic E-state index is 0. The predicted molar refractivity (Wildman–Crippen MR) is 135 cm³/mol. The first kappa shape index (κ1) is 24.3. The molecule has 2 aliphatic heterocycles. The van der Waals surface area contributed by atoms with Gasteiger partial charge in [-0.25, -0.2) is 0 Å². The second-order valence-corrected chi connectivity index (χ2v) is 8.88. The molecule has 0 unspecified atom stereocenters. The van der Waals surface area contributed by atoms with Gasteiger partial charge in [-0.15, -0.1) is 24.0 Å². The molecule has 7 nitrogen and oxygen atoms in total. The molecule has 1 aromatic carbocycles. The van der Waals surface area contributed by atoms with Gasteiger partial charge in [0.1, 0.15) is 0 Å². The maximum atomic E-state index is 12.3. The Balaban J connectivity index is 0.00000272. The molecule has 1 saturated carbocycles. The number of ether oxygens (including phenoxy) is 1. The first-order valence-electron chi connectivity index (χ1n) is 11.3. The average molecular weight is 541 g/mol. The Morgan fingerprint density at radius 2 is 2.00 bits per heavy atom. The third-order valence-electron chi connectivity index (χ3n) is 6.78. The van der Waals surface area contributed by atoms with E-state index < -0.39 is 0 Å². The van der Waals surface area contributed by atoms with Gasteiger partial charge in [0.2, 0.25) is 5.91 Å². The first-order valence-corrected chi connectivity index (χ1v) is 11.3. The fraction of sp³-hybridized carbons (Fsp3) is 0.652. The fourth-order valence-electron chi connectivity index (χ4n) is 4.78. The fourth-order valence-corrected chi connectivity index (χ4v) is 4.78. The van der Waals surface area contributed by atoms with E-state index in [0.29, 0.717) is 18.4 Å². The van der Waals surface area contributed by atoms with Gasteiger partial charge >= 0.3 is 0 Å². The van der Waals surface area contributed by atoms with Crippen molar-refractivity contribution in [3.63, 3.8) is 0 Å². The monoisotopic (exact) mass is 541 g/mol. The predicted octanol–water partition coefficient (Wildman–Crippen LogP) is 2.92. The number of amides is 1. The third kappa shape index (κ3) is 6.55. The van der Waals surface area contributed by atoms with E-state index in [1.54, 1.807) is 0 Å². The Hall–Kier alpha value is -1.39. The summed E-state index contributed by atoms with van der Waals surface area (Å²) in [6.45, 7) is 7.06. The van der Waals surface area contributed by atoms with Gasteiger partial charge < -0.3 is 20.3 Å². The minimum atomic E-state index is 0. The summed E-state index contributed by atoms with van der Waals surface area (Å²) in [5, 5.41) is 6.55. The molecule has 0 radical (unpaired) electrons. The molecule has 3 aliphatic rings. The number of hydrogen-bond donors (Lipinski definition) is 2. The largest absolute Gasteiger partial charge is 0.379 e. The molecule has 8 heteroatoms. The van der Waals surface area contributed by atoms with Gasteiger partial charge in [0.25, 0.3) is 0 Å². The molecule has 2 N–H and O–H groups in total. The highest BCUT2D eigenvalue weighted by Gasteiger charge is 2.43. The number of likely N-dealkylation sites (tertiary alicyclic amines) is 1. The summed E-state index contributed by atoms with van der Waals surface area (Å²) in [4.78, 5) is 21.5. The number of benzene rings is 1. The van der Waals surface area contributed by atoms with Crippen LogP contribution >= 0.6 is 24.0 Å². The van der Waals surface area contributed by atoms with Gasteiger partial charge in [0.05, 0.1) is 13.2 Å². The summed E-state index contributed by atoms with van der Waals surface area (Å²) >= 11 is 0. The van der Waals surface area contributed by atoms with E-state index in [1.807, 2.05) is 25.2 Å². The van der Waals surface area contributed by atoms with Crippen LogP contribution < -0.4 is 10.6 Å². The van der Waals surface area contributed by atoms with Crippen LogP contribution in [0.4, 0.5) is 5.69 Å². The summed E-state index contributed by atoms with van der Waals surface area (Å²) in [6, 6.07) is 8.08. The van der Waals surface area contributed by atoms with Crippen LogP contribution in [0.3, 0.4) is 0 Å². The van der Waals surface area contributed by atoms with Crippen LogP contribution in [0.2, 0.25) is 0 Å². The molecular formula is C23H36IN5O2. The number of aliphatic imine (C=N–C) groups is 1. The van der Waals surface area contributed by atoms with Crippen LogP contribution in [0.1, 0.15) is 37.7 Å². The maximum Gasteiger partial charge on any atom is 0.225 e. The van der Waals surface area contributed by atoms with E-state index in [1.165, 1.54) is 25.7 Å². The second kappa shape index (κ2) is 11.5. The molecule has 1 spiro atoms. The SMILES string of the molecule is CN=C(NCc1cccc(NC(=O)CCN2CCOCC2)c1)N1CCC2(CCC2)C1.I. The van der Waals surface area contributed by atoms with Gasteiger partial charge in [-0.1, -0.05) is 18.6 Å². The lowest BCUT2D eigenvalue weighted by atomic mass is 9.68. The summed E-state index contributed by atoms with van der Waals surface area (Å²) in [5.41, 5.74) is 2.55. The standard InChI is InChI=1S/C23H35N5O2.HI/c1-24-22(28-11-9-23(18-28)7-3-8-23)25-17-19-4-2-5-20(16-19)26-21(29)6-10-27-12-14-30-15-13-27;/h2,4-5,16H,3,6-15,17-18H2,1H3,(H,24,25)(H,26,29);1H. The number of anilines is 1. The van der Waals surface area contributed by atoms with Gasteiger partial charge in [-0.05, 0) is 42.4 Å². The van der Waals surface area contributed by atoms with Crippen molar-refractivity contribution in [3.05, 3.63) is 29.8 Å². The van der Waals surface area contributed by atoms with Crippen molar-refractivity contribution in [1.82, 2.24) is 15.1 Å². The molecule has 2 saturated heterocycles. The number of morpholine rings is 1. The van der Waals surface area contributed by atoms with E-state index in [4.69, 9.17) is 4.74 Å². The molecule has 3 fully saturated rings. The Bertz CT molecular complexity index is 762. The molecule has 0 aromatic heterocycles. The van der Waals surface area contributed by atoms with Gasteiger partial charge in [0.15, 0.2) is 5.96 Å². The summed E-state index contributed by atoms with van der Waals surface area (Å²) in [6.07, 6.45) is 5.91. The molecule has 0 atom stereocenters. The summed E-state index contributed by atoms with van der Waals surface area (Å²) < 4.78 is 5.35. The lowest BCUT2D eigenvalue weighted by molar-refractivity contribution is -0.116. The zero-order valence-electron chi connectivity index (χ0n) is 18.6. The molecule has 2 heterocycles. The number of rotatable bonds is 6. The van der Waals surface area contributed by atoms with Crippen molar-refractivity contribution < 1.29 is 9.53 Å². The molecular weight excluding hydrogens is 505 g/mol. The van der Waals surface area contributed by atoms with Crippen molar-refractivity contribution in [1.29, 1.82) is 0 Å². The summed E-state index contributed by atoms with van der Waals surface area (Å²) in [5.74, 6) is 1.05. The molecule has 4 rings (SSSR count). The van der Waals surface area contributed by atoms with Crippen LogP contribution in [-0.2, 0) is 16.1 Å². The average Bonchev–Trinajstić information content (AvgIpc) is 3.20. The van der Waals surface area contributed by atoms with E-state index in [-0.39, 0.29) is 29.9 Å². The molecule has 1 aliphatic carbocycles. The lowest BCUT2D eigenvalue weighted by Crippen LogP contribution is -2.42.